The van der Waals surface area contributed by atoms with Gasteiger partial charge in [0.1, 0.15) is 5.75 Å². The van der Waals surface area contributed by atoms with E-state index in [1.165, 1.54) is 0 Å². The number of para-hydroxylation sites is 2. The van der Waals surface area contributed by atoms with Gasteiger partial charge in [0, 0.05) is 29.3 Å². The minimum absolute atomic E-state index is 0.0215. The molecule has 3 aromatic rings. The van der Waals surface area contributed by atoms with Crippen LogP contribution in [-0.2, 0) is 4.79 Å². The molecule has 38 heavy (non-hydrogen) atoms. The topological polar surface area (TPSA) is 87.3 Å². The summed E-state index contributed by atoms with van der Waals surface area (Å²) in [5.74, 6) is 3.05. The van der Waals surface area contributed by atoms with Crippen molar-refractivity contribution in [3.8, 4) is 28.7 Å². The lowest BCUT2D eigenvalue weighted by Gasteiger charge is -2.31. The van der Waals surface area contributed by atoms with Crippen LogP contribution in [0.4, 0.5) is 11.4 Å². The second kappa shape index (κ2) is 10.6. The molecule has 3 aromatic carbocycles. The number of methoxy groups -OCH3 is 5. The molecule has 0 fully saturated rings. The second-order valence-corrected chi connectivity index (χ2v) is 9.23. The Morgan fingerprint density at radius 1 is 0.684 bits per heavy atom. The highest BCUT2D eigenvalue weighted by Gasteiger charge is 2.37. The second-order valence-electron chi connectivity index (χ2n) is 9.23. The van der Waals surface area contributed by atoms with Gasteiger partial charge in [0.2, 0.25) is 0 Å². The highest BCUT2D eigenvalue weighted by atomic mass is 16.5. The molecule has 0 radical (unpaired) electrons. The highest BCUT2D eigenvalue weighted by Crippen LogP contribution is 2.48. The Kier molecular flexibility index (Phi) is 7.05. The van der Waals surface area contributed by atoms with Crippen LogP contribution in [0.5, 0.6) is 28.7 Å². The van der Waals surface area contributed by atoms with Crippen molar-refractivity contribution in [3.05, 3.63) is 77.0 Å². The van der Waals surface area contributed by atoms with Crippen LogP contribution < -0.4 is 34.3 Å². The molecule has 2 unspecified atom stereocenters. The minimum atomic E-state index is -0.463. The first kappa shape index (κ1) is 25.3. The number of Topliss-reactive ketones (excluding diaryl/α,β-unsaturated/α-hetero) is 1. The van der Waals surface area contributed by atoms with E-state index in [0.29, 0.717) is 47.2 Å². The van der Waals surface area contributed by atoms with Crippen molar-refractivity contribution in [2.45, 2.75) is 24.8 Å². The fraction of sp³-hybridized carbons (Fsp3) is 0.300. The van der Waals surface area contributed by atoms with E-state index in [4.69, 9.17) is 23.7 Å². The number of nitrogens with one attached hydrogen (secondary N) is 2. The number of ether oxygens (including phenoxy) is 5. The van der Waals surface area contributed by atoms with Gasteiger partial charge in [0.25, 0.3) is 0 Å². The van der Waals surface area contributed by atoms with Gasteiger partial charge >= 0.3 is 0 Å². The minimum Gasteiger partial charge on any atom is -0.496 e. The van der Waals surface area contributed by atoms with Crippen molar-refractivity contribution in [1.29, 1.82) is 0 Å². The summed E-state index contributed by atoms with van der Waals surface area (Å²) < 4.78 is 27.8. The van der Waals surface area contributed by atoms with Crippen LogP contribution in [0.25, 0.3) is 0 Å². The lowest BCUT2D eigenvalue weighted by atomic mass is 9.78. The molecule has 1 aliphatic heterocycles. The van der Waals surface area contributed by atoms with Crippen LogP contribution in [0.1, 0.15) is 35.9 Å². The largest absolute Gasteiger partial charge is 0.496 e. The molecule has 0 saturated heterocycles. The molecule has 8 heteroatoms. The molecular weight excluding hydrogens is 484 g/mol. The molecule has 0 aromatic heterocycles. The molecular formula is C30H32N2O6. The number of hydrogen-bond acceptors (Lipinski definition) is 8. The van der Waals surface area contributed by atoms with Crippen molar-refractivity contribution >= 4 is 17.2 Å². The normalized spacial score (nSPS) is 18.3. The maximum Gasteiger partial charge on any atom is 0.164 e. The molecule has 2 aliphatic rings. The Labute approximate surface area is 222 Å². The van der Waals surface area contributed by atoms with Crippen LogP contribution in [0.3, 0.4) is 0 Å². The third-order valence-electron chi connectivity index (χ3n) is 7.23. The van der Waals surface area contributed by atoms with E-state index in [1.54, 1.807) is 41.6 Å². The number of rotatable bonds is 7. The zero-order chi connectivity index (χ0) is 26.8. The average molecular weight is 517 g/mol. The van der Waals surface area contributed by atoms with Crippen molar-refractivity contribution in [3.63, 3.8) is 0 Å². The molecule has 0 spiro atoms. The summed E-state index contributed by atoms with van der Waals surface area (Å²) in [5.41, 5.74) is 5.16. The van der Waals surface area contributed by atoms with E-state index < -0.39 is 6.04 Å². The zero-order valence-electron chi connectivity index (χ0n) is 22.2. The first-order valence-corrected chi connectivity index (χ1v) is 12.4. The number of hydrogen-bond donors (Lipinski definition) is 2. The Balaban J connectivity index is 1.63. The zero-order valence-corrected chi connectivity index (χ0v) is 22.2. The Hall–Kier alpha value is -4.33. The van der Waals surface area contributed by atoms with Gasteiger partial charge in [0.15, 0.2) is 28.8 Å². The lowest BCUT2D eigenvalue weighted by molar-refractivity contribution is -0.116. The fourth-order valence-electron chi connectivity index (χ4n) is 5.35. The Bertz CT molecular complexity index is 1400. The van der Waals surface area contributed by atoms with Gasteiger partial charge in [-0.15, -0.1) is 0 Å². The summed E-state index contributed by atoms with van der Waals surface area (Å²) in [4.78, 5) is 14.0. The number of carbonyl (C=O) groups is 1. The molecule has 0 bridgehead atoms. The van der Waals surface area contributed by atoms with Gasteiger partial charge in [0.05, 0.1) is 53.0 Å². The lowest BCUT2D eigenvalue weighted by Crippen LogP contribution is -2.27. The summed E-state index contributed by atoms with van der Waals surface area (Å²) in [6, 6.07) is 17.0. The van der Waals surface area contributed by atoms with E-state index in [9.17, 15) is 4.79 Å². The van der Waals surface area contributed by atoms with E-state index in [1.807, 2.05) is 48.5 Å². The monoisotopic (exact) mass is 516 g/mol. The summed E-state index contributed by atoms with van der Waals surface area (Å²) in [7, 11) is 8.01. The van der Waals surface area contributed by atoms with E-state index in [-0.39, 0.29) is 11.7 Å². The summed E-state index contributed by atoms with van der Waals surface area (Å²) in [5, 5.41) is 7.18. The SMILES string of the molecule is COc1ccc(C2CC(=O)C3=C(C2)Nc2ccccc2NC3c2cc(OC)c(OC)cc2OC)cc1OC. The average Bonchev–Trinajstić information content (AvgIpc) is 3.12. The number of carbonyl (C=O) groups excluding carboxylic acids is 1. The Morgan fingerprint density at radius 3 is 2.00 bits per heavy atom. The molecule has 198 valence electrons. The highest BCUT2D eigenvalue weighted by molar-refractivity contribution is 6.01. The number of allylic oxidation sites excluding steroid dienone is 1. The van der Waals surface area contributed by atoms with Gasteiger partial charge < -0.3 is 34.3 Å². The van der Waals surface area contributed by atoms with Gasteiger partial charge in [-0.05, 0) is 48.2 Å². The number of anilines is 2. The van der Waals surface area contributed by atoms with Gasteiger partial charge in [-0.2, -0.15) is 0 Å². The van der Waals surface area contributed by atoms with Crippen molar-refractivity contribution < 1.29 is 28.5 Å². The smallest absolute Gasteiger partial charge is 0.164 e. The van der Waals surface area contributed by atoms with Crippen LogP contribution >= 0.6 is 0 Å². The molecule has 8 nitrogen and oxygen atoms in total. The van der Waals surface area contributed by atoms with Crippen LogP contribution in [0.15, 0.2) is 65.9 Å². The van der Waals surface area contributed by atoms with Crippen molar-refractivity contribution in [2.24, 2.45) is 0 Å². The van der Waals surface area contributed by atoms with E-state index in [2.05, 4.69) is 10.6 Å². The maximum absolute atomic E-state index is 14.0. The summed E-state index contributed by atoms with van der Waals surface area (Å²) in [6.45, 7) is 0. The fourth-order valence-corrected chi connectivity index (χ4v) is 5.35. The molecule has 0 saturated carbocycles. The first-order valence-electron chi connectivity index (χ1n) is 12.4. The first-order chi connectivity index (χ1) is 18.5. The molecule has 2 atom stereocenters. The van der Waals surface area contributed by atoms with Crippen LogP contribution in [0.2, 0.25) is 0 Å². The molecule has 0 amide bonds. The number of fused-ring (bicyclic) bond motifs is 1. The van der Waals surface area contributed by atoms with E-state index >= 15 is 0 Å². The van der Waals surface area contributed by atoms with E-state index in [0.717, 1.165) is 28.2 Å². The molecule has 2 N–H and O–H groups in total. The predicted molar refractivity (Wildman–Crippen MR) is 146 cm³/mol. The molecule has 5 rings (SSSR count). The predicted octanol–water partition coefficient (Wildman–Crippen LogP) is 5.71. The van der Waals surface area contributed by atoms with Crippen LogP contribution in [-0.4, -0.2) is 41.3 Å². The van der Waals surface area contributed by atoms with Gasteiger partial charge in [-0.25, -0.2) is 0 Å². The van der Waals surface area contributed by atoms with Crippen molar-refractivity contribution in [1.82, 2.24) is 0 Å². The third-order valence-corrected chi connectivity index (χ3v) is 7.23. The Morgan fingerprint density at radius 2 is 1.32 bits per heavy atom. The molecule has 1 aliphatic carbocycles. The maximum atomic E-state index is 14.0. The van der Waals surface area contributed by atoms with Gasteiger partial charge in [-0.3, -0.25) is 4.79 Å². The van der Waals surface area contributed by atoms with Gasteiger partial charge in [-0.1, -0.05) is 18.2 Å². The number of ketones is 1. The summed E-state index contributed by atoms with van der Waals surface area (Å²) >= 11 is 0. The molecule has 1 heterocycles. The van der Waals surface area contributed by atoms with Crippen LogP contribution in [0, 0.1) is 0 Å². The standard InChI is InChI=1S/C30H32N2O6/c1-34-24-11-10-17(14-26(24)36-3)18-12-22-29(23(33)13-18)30(32-21-9-7-6-8-20(21)31-22)19-15-27(37-4)28(38-5)16-25(19)35-2/h6-11,14-16,18,30-32H,12-13H2,1-5H3. The third kappa shape index (κ3) is 4.47. The number of benzene rings is 3. The quantitative estimate of drug-likeness (QED) is 0.413. The van der Waals surface area contributed by atoms with Crippen molar-refractivity contribution in [2.75, 3.05) is 46.2 Å². The summed E-state index contributed by atoms with van der Waals surface area (Å²) in [6.07, 6.45) is 1.01.